The monoisotopic (exact) mass is 262 g/mol. The van der Waals surface area contributed by atoms with Crippen LogP contribution in [0.1, 0.15) is 19.4 Å². The Kier molecular flexibility index (Phi) is 4.38. The largest absolute Gasteiger partial charge is 0.214 e. The molecule has 0 atom stereocenters. The number of rotatable bonds is 1. The molecule has 0 aliphatic carbocycles. The van der Waals surface area contributed by atoms with Gasteiger partial charge in [0, 0.05) is 22.9 Å². The summed E-state index contributed by atoms with van der Waals surface area (Å²) >= 11 is 0. The highest BCUT2D eigenvalue weighted by molar-refractivity contribution is 5.93. The average molecular weight is 262 g/mol. The molecular formula is C19H20N+. The molecule has 0 bridgehead atoms. The normalized spacial score (nSPS) is 9.90. The van der Waals surface area contributed by atoms with E-state index in [1.165, 1.54) is 27.4 Å². The number of fused-ring (bicyclic) bond motifs is 2. The van der Waals surface area contributed by atoms with E-state index < -0.39 is 0 Å². The molecule has 0 saturated carbocycles. The van der Waals surface area contributed by atoms with Crippen LogP contribution in [0.5, 0.6) is 0 Å². The molecule has 0 N–H and O–H groups in total. The predicted octanol–water partition coefficient (Wildman–Crippen LogP) is 4.25. The van der Waals surface area contributed by atoms with Crippen LogP contribution in [0, 0.1) is 19.3 Å². The van der Waals surface area contributed by atoms with Crippen LogP contribution >= 0.6 is 0 Å². The third-order valence-electron chi connectivity index (χ3n) is 3.45. The Balaban J connectivity index is 0.000000704. The van der Waals surface area contributed by atoms with Gasteiger partial charge in [0.25, 0.3) is 0 Å². The molecule has 1 heterocycles. The van der Waals surface area contributed by atoms with Crippen LogP contribution in [0.2, 0.25) is 0 Å². The Morgan fingerprint density at radius 2 is 1.35 bits per heavy atom. The fourth-order valence-corrected chi connectivity index (χ4v) is 2.59. The molecule has 0 saturated heterocycles. The standard InChI is InChI=1S/C17H14N.C2H6/c1-3-12-18-16-10-6-4-8-14(16)13(2)15-9-5-7-11-17(15)18;1-2/h1,4-11H,12H2,2H3;1-2H3/q+1;. The van der Waals surface area contributed by atoms with Crippen molar-refractivity contribution in [1.82, 2.24) is 0 Å². The molecule has 100 valence electrons. The number of terminal acetylenes is 1. The van der Waals surface area contributed by atoms with Crippen LogP contribution in [-0.4, -0.2) is 0 Å². The molecule has 0 fully saturated rings. The van der Waals surface area contributed by atoms with E-state index in [-0.39, 0.29) is 0 Å². The Labute approximate surface area is 120 Å². The van der Waals surface area contributed by atoms with E-state index in [9.17, 15) is 0 Å². The van der Waals surface area contributed by atoms with Crippen LogP contribution in [0.4, 0.5) is 0 Å². The minimum atomic E-state index is 0.599. The van der Waals surface area contributed by atoms with Crippen molar-refractivity contribution in [2.45, 2.75) is 27.3 Å². The quantitative estimate of drug-likeness (QED) is 0.351. The minimum Gasteiger partial charge on any atom is -0.180 e. The molecule has 0 spiro atoms. The molecule has 0 aliphatic rings. The highest BCUT2D eigenvalue weighted by Crippen LogP contribution is 2.23. The summed E-state index contributed by atoms with van der Waals surface area (Å²) in [5.41, 5.74) is 3.72. The zero-order valence-corrected chi connectivity index (χ0v) is 12.4. The lowest BCUT2D eigenvalue weighted by atomic mass is 10.0. The van der Waals surface area contributed by atoms with Gasteiger partial charge >= 0.3 is 0 Å². The molecule has 1 nitrogen and oxygen atoms in total. The molecule has 0 unspecified atom stereocenters. The van der Waals surface area contributed by atoms with Crippen molar-refractivity contribution >= 4 is 21.8 Å². The number of hydrogen-bond acceptors (Lipinski definition) is 0. The highest BCUT2D eigenvalue weighted by Gasteiger charge is 2.16. The van der Waals surface area contributed by atoms with Gasteiger partial charge in [-0.3, -0.25) is 0 Å². The van der Waals surface area contributed by atoms with Crippen molar-refractivity contribution in [3.8, 4) is 12.3 Å². The summed E-state index contributed by atoms with van der Waals surface area (Å²) in [6.45, 7) is 6.77. The molecule has 0 radical (unpaired) electrons. The average Bonchev–Trinajstić information content (AvgIpc) is 2.53. The summed E-state index contributed by atoms with van der Waals surface area (Å²) in [5.74, 6) is 2.75. The molecule has 3 aromatic rings. The van der Waals surface area contributed by atoms with Crippen molar-refractivity contribution in [2.24, 2.45) is 0 Å². The summed E-state index contributed by atoms with van der Waals surface area (Å²) in [6.07, 6.45) is 5.51. The van der Waals surface area contributed by atoms with Gasteiger partial charge in [-0.25, -0.2) is 0 Å². The van der Waals surface area contributed by atoms with Crippen molar-refractivity contribution < 1.29 is 4.57 Å². The third-order valence-corrected chi connectivity index (χ3v) is 3.45. The van der Waals surface area contributed by atoms with Gasteiger partial charge in [-0.15, -0.1) is 6.42 Å². The minimum absolute atomic E-state index is 0.599. The van der Waals surface area contributed by atoms with Gasteiger partial charge in [0.05, 0.1) is 0 Å². The zero-order chi connectivity index (χ0) is 14.5. The number of aromatic nitrogens is 1. The molecule has 0 aliphatic heterocycles. The first-order valence-corrected chi connectivity index (χ1v) is 7.06. The summed E-state index contributed by atoms with van der Waals surface area (Å²) < 4.78 is 2.21. The Morgan fingerprint density at radius 3 is 1.80 bits per heavy atom. The maximum absolute atomic E-state index is 5.51. The molecule has 3 rings (SSSR count). The van der Waals surface area contributed by atoms with Gasteiger partial charge in [-0.05, 0) is 30.5 Å². The fourth-order valence-electron chi connectivity index (χ4n) is 2.59. The smallest absolute Gasteiger partial charge is 0.180 e. The van der Waals surface area contributed by atoms with E-state index in [0.29, 0.717) is 6.54 Å². The molecule has 1 aromatic heterocycles. The molecule has 1 heteroatoms. The second-order valence-corrected chi connectivity index (χ2v) is 4.45. The maximum atomic E-state index is 5.51. The van der Waals surface area contributed by atoms with Gasteiger partial charge in [0.1, 0.15) is 0 Å². The fraction of sp³-hybridized carbons (Fsp3) is 0.211. The van der Waals surface area contributed by atoms with Gasteiger partial charge in [0.2, 0.25) is 17.6 Å². The summed E-state index contributed by atoms with van der Waals surface area (Å²) in [6, 6.07) is 16.8. The third kappa shape index (κ3) is 2.26. The first-order valence-electron chi connectivity index (χ1n) is 7.06. The molecule has 0 amide bonds. The number of hydrogen-bond donors (Lipinski definition) is 0. The first kappa shape index (κ1) is 14.1. The van der Waals surface area contributed by atoms with E-state index in [1.54, 1.807) is 0 Å². The Hall–Kier alpha value is -2.33. The SMILES string of the molecule is C#CC[n+]1c2ccccc2c(C)c2ccccc21.CC. The van der Waals surface area contributed by atoms with Gasteiger partial charge in [-0.2, -0.15) is 4.57 Å². The van der Waals surface area contributed by atoms with E-state index in [0.717, 1.165) is 0 Å². The Morgan fingerprint density at radius 1 is 0.900 bits per heavy atom. The number of benzene rings is 2. The van der Waals surface area contributed by atoms with Crippen LogP contribution in [0.25, 0.3) is 21.8 Å². The first-order chi connectivity index (χ1) is 9.83. The van der Waals surface area contributed by atoms with Crippen molar-refractivity contribution in [3.05, 3.63) is 54.1 Å². The van der Waals surface area contributed by atoms with Crippen LogP contribution in [0.3, 0.4) is 0 Å². The highest BCUT2D eigenvalue weighted by atomic mass is 15.0. The van der Waals surface area contributed by atoms with Gasteiger partial charge < -0.3 is 0 Å². The van der Waals surface area contributed by atoms with Crippen molar-refractivity contribution in [1.29, 1.82) is 0 Å². The molecular weight excluding hydrogens is 242 g/mol. The second-order valence-electron chi connectivity index (χ2n) is 4.45. The lowest BCUT2D eigenvalue weighted by Gasteiger charge is -2.07. The summed E-state index contributed by atoms with van der Waals surface area (Å²) in [4.78, 5) is 0. The summed E-state index contributed by atoms with van der Waals surface area (Å²) in [7, 11) is 0. The number of aryl methyl sites for hydroxylation is 1. The van der Waals surface area contributed by atoms with Gasteiger partial charge in [0.15, 0.2) is 0 Å². The predicted molar refractivity (Wildman–Crippen MR) is 86.6 cm³/mol. The van der Waals surface area contributed by atoms with E-state index >= 15 is 0 Å². The maximum Gasteiger partial charge on any atom is 0.214 e. The number of pyridine rings is 1. The zero-order valence-electron chi connectivity index (χ0n) is 12.4. The molecule has 2 aromatic carbocycles. The van der Waals surface area contributed by atoms with Crippen LogP contribution in [-0.2, 0) is 6.54 Å². The number of nitrogens with zero attached hydrogens (tertiary/aromatic N) is 1. The van der Waals surface area contributed by atoms with Crippen molar-refractivity contribution in [2.75, 3.05) is 0 Å². The lowest BCUT2D eigenvalue weighted by Crippen LogP contribution is -2.35. The Bertz CT molecular complexity index is 722. The topological polar surface area (TPSA) is 3.88 Å². The lowest BCUT2D eigenvalue weighted by molar-refractivity contribution is -0.632. The second kappa shape index (κ2) is 6.21. The van der Waals surface area contributed by atoms with Crippen LogP contribution < -0.4 is 4.57 Å². The van der Waals surface area contributed by atoms with E-state index in [2.05, 4.69) is 65.9 Å². The van der Waals surface area contributed by atoms with Crippen LogP contribution in [0.15, 0.2) is 48.5 Å². The molecule has 20 heavy (non-hydrogen) atoms. The van der Waals surface area contributed by atoms with Crippen molar-refractivity contribution in [3.63, 3.8) is 0 Å². The van der Waals surface area contributed by atoms with Gasteiger partial charge in [-0.1, -0.05) is 38.1 Å². The number of para-hydroxylation sites is 2. The van der Waals surface area contributed by atoms with E-state index in [4.69, 9.17) is 6.42 Å². The van der Waals surface area contributed by atoms with E-state index in [1.807, 2.05) is 13.8 Å². The summed E-state index contributed by atoms with van der Waals surface area (Å²) in [5, 5.41) is 2.54.